The molecule has 4 rings (SSSR count). The number of nitrogens with one attached hydrogen (secondary N) is 1. The number of carbonyl (C=O) groups is 2. The summed E-state index contributed by atoms with van der Waals surface area (Å²) in [5.41, 5.74) is 0.320. The molecule has 21 heavy (non-hydrogen) atoms. The van der Waals surface area contributed by atoms with Gasteiger partial charge in [0.05, 0.1) is 10.1 Å². The van der Waals surface area contributed by atoms with Crippen LogP contribution in [0.1, 0.15) is 19.3 Å². The van der Waals surface area contributed by atoms with Crippen molar-refractivity contribution >= 4 is 38.6 Å². The Bertz CT molecular complexity index is 710. The molecule has 4 heterocycles. The minimum atomic E-state index is -0.431. The van der Waals surface area contributed by atoms with Gasteiger partial charge in [0.2, 0.25) is 11.8 Å². The van der Waals surface area contributed by atoms with Gasteiger partial charge in [-0.3, -0.25) is 14.9 Å². The molecular weight excluding hydrogens is 288 g/mol. The predicted molar refractivity (Wildman–Crippen MR) is 79.1 cm³/mol. The lowest BCUT2D eigenvalue weighted by Crippen LogP contribution is -2.50. The van der Waals surface area contributed by atoms with Crippen molar-refractivity contribution in [3.05, 3.63) is 18.3 Å². The standard InChI is InChI=1S/C14H14N4O2S/c19-10-3-4-14(12(20)16-10)5-7-18(8-14)13-17-11-9(21-13)2-1-6-15-11/h1-2,6H,3-5,7-8H2,(H,16,19,20). The number of anilines is 1. The number of imide groups is 1. The van der Waals surface area contributed by atoms with Gasteiger partial charge in [-0.25, -0.2) is 4.98 Å². The predicted octanol–water partition coefficient (Wildman–Crippen LogP) is 1.32. The van der Waals surface area contributed by atoms with E-state index in [1.165, 1.54) is 0 Å². The van der Waals surface area contributed by atoms with Crippen molar-refractivity contribution in [3.63, 3.8) is 0 Å². The Morgan fingerprint density at radius 1 is 1.33 bits per heavy atom. The van der Waals surface area contributed by atoms with Crippen LogP contribution in [0.25, 0.3) is 10.3 Å². The first-order valence-corrected chi connectivity index (χ1v) is 7.79. The Kier molecular flexibility index (Phi) is 2.72. The van der Waals surface area contributed by atoms with Crippen molar-refractivity contribution in [2.75, 3.05) is 18.0 Å². The van der Waals surface area contributed by atoms with Crippen LogP contribution in [-0.2, 0) is 9.59 Å². The second-order valence-corrected chi connectivity index (χ2v) is 6.66. The highest BCUT2D eigenvalue weighted by Crippen LogP contribution is 2.41. The lowest BCUT2D eigenvalue weighted by Gasteiger charge is -2.31. The number of carbonyl (C=O) groups excluding carboxylic acids is 2. The Labute approximate surface area is 125 Å². The van der Waals surface area contributed by atoms with Crippen LogP contribution < -0.4 is 10.2 Å². The van der Waals surface area contributed by atoms with Crippen LogP contribution in [0.3, 0.4) is 0 Å². The third kappa shape index (κ3) is 1.99. The number of amides is 2. The molecule has 2 fully saturated rings. The second-order valence-electron chi connectivity index (χ2n) is 5.65. The van der Waals surface area contributed by atoms with Crippen molar-refractivity contribution < 1.29 is 9.59 Å². The molecule has 6 nitrogen and oxygen atoms in total. The third-order valence-electron chi connectivity index (χ3n) is 4.34. The zero-order chi connectivity index (χ0) is 14.4. The van der Waals surface area contributed by atoms with Gasteiger partial charge in [0.15, 0.2) is 10.8 Å². The summed E-state index contributed by atoms with van der Waals surface area (Å²) >= 11 is 1.60. The van der Waals surface area contributed by atoms with Gasteiger partial charge in [-0.2, -0.15) is 4.98 Å². The molecule has 0 bridgehead atoms. The smallest absolute Gasteiger partial charge is 0.234 e. The van der Waals surface area contributed by atoms with E-state index in [0.29, 0.717) is 19.4 Å². The first-order valence-electron chi connectivity index (χ1n) is 6.97. The average Bonchev–Trinajstić information content (AvgIpc) is 3.08. The maximum Gasteiger partial charge on any atom is 0.234 e. The topological polar surface area (TPSA) is 75.2 Å². The van der Waals surface area contributed by atoms with Crippen molar-refractivity contribution in [1.82, 2.24) is 15.3 Å². The van der Waals surface area contributed by atoms with Crippen LogP contribution in [0.5, 0.6) is 0 Å². The van der Waals surface area contributed by atoms with Crippen LogP contribution in [0.15, 0.2) is 18.3 Å². The molecule has 1 N–H and O–H groups in total. The van der Waals surface area contributed by atoms with E-state index in [0.717, 1.165) is 28.4 Å². The maximum atomic E-state index is 12.2. The Morgan fingerprint density at radius 2 is 2.24 bits per heavy atom. The highest BCUT2D eigenvalue weighted by atomic mass is 32.1. The second kappa shape index (κ2) is 4.49. The molecule has 2 aliphatic heterocycles. The summed E-state index contributed by atoms with van der Waals surface area (Å²) in [5, 5.41) is 3.38. The van der Waals surface area contributed by atoms with Gasteiger partial charge in [-0.05, 0) is 25.0 Å². The molecular formula is C14H14N4O2S. The lowest BCUT2D eigenvalue weighted by molar-refractivity contribution is -0.140. The minimum Gasteiger partial charge on any atom is -0.347 e. The molecule has 2 aliphatic rings. The number of rotatable bonds is 1. The molecule has 1 spiro atoms. The number of fused-ring (bicyclic) bond motifs is 1. The molecule has 108 valence electrons. The van der Waals surface area contributed by atoms with Crippen LogP contribution in [0, 0.1) is 5.41 Å². The molecule has 2 saturated heterocycles. The highest BCUT2D eigenvalue weighted by Gasteiger charge is 2.48. The molecule has 0 aromatic carbocycles. The molecule has 1 unspecified atom stereocenters. The molecule has 2 aromatic heterocycles. The number of hydrogen-bond donors (Lipinski definition) is 1. The highest BCUT2D eigenvalue weighted by molar-refractivity contribution is 7.22. The van der Waals surface area contributed by atoms with E-state index < -0.39 is 5.41 Å². The molecule has 1 atom stereocenters. The number of piperidine rings is 1. The van der Waals surface area contributed by atoms with E-state index in [1.807, 2.05) is 12.1 Å². The molecule has 0 aliphatic carbocycles. The fraction of sp³-hybridized carbons (Fsp3) is 0.429. The summed E-state index contributed by atoms with van der Waals surface area (Å²) in [6.45, 7) is 1.42. The third-order valence-corrected chi connectivity index (χ3v) is 5.41. The van der Waals surface area contributed by atoms with Crippen molar-refractivity contribution in [2.45, 2.75) is 19.3 Å². The van der Waals surface area contributed by atoms with E-state index in [2.05, 4.69) is 20.2 Å². The largest absolute Gasteiger partial charge is 0.347 e. The fourth-order valence-electron chi connectivity index (χ4n) is 3.11. The van der Waals surface area contributed by atoms with Gasteiger partial charge in [-0.1, -0.05) is 11.3 Å². The van der Waals surface area contributed by atoms with Gasteiger partial charge in [0, 0.05) is 25.7 Å². The number of thiazole rings is 1. The lowest BCUT2D eigenvalue weighted by atomic mass is 9.79. The van der Waals surface area contributed by atoms with Crippen molar-refractivity contribution in [1.29, 1.82) is 0 Å². The van der Waals surface area contributed by atoms with E-state index >= 15 is 0 Å². The number of hydrogen-bond acceptors (Lipinski definition) is 6. The Balaban J connectivity index is 1.61. The first kappa shape index (κ1) is 12.7. The minimum absolute atomic E-state index is 0.125. The van der Waals surface area contributed by atoms with Crippen molar-refractivity contribution in [3.8, 4) is 0 Å². The van der Waals surface area contributed by atoms with Crippen molar-refractivity contribution in [2.24, 2.45) is 5.41 Å². The van der Waals surface area contributed by atoms with E-state index in [1.54, 1.807) is 17.5 Å². The monoisotopic (exact) mass is 302 g/mol. The summed E-state index contributed by atoms with van der Waals surface area (Å²) < 4.78 is 1.05. The summed E-state index contributed by atoms with van der Waals surface area (Å²) in [5.74, 6) is -0.284. The molecule has 2 amide bonds. The summed E-state index contributed by atoms with van der Waals surface area (Å²) in [7, 11) is 0. The molecule has 7 heteroatoms. The maximum absolute atomic E-state index is 12.2. The Morgan fingerprint density at radius 3 is 3.05 bits per heavy atom. The normalized spacial score (nSPS) is 25.8. The van der Waals surface area contributed by atoms with Gasteiger partial charge >= 0.3 is 0 Å². The number of pyridine rings is 1. The van der Waals surface area contributed by atoms with E-state index in [-0.39, 0.29) is 11.8 Å². The average molecular weight is 302 g/mol. The molecule has 2 aromatic rings. The number of nitrogens with zero attached hydrogens (tertiary/aromatic N) is 3. The van der Waals surface area contributed by atoms with Crippen LogP contribution >= 0.6 is 11.3 Å². The number of aromatic nitrogens is 2. The summed E-state index contributed by atoms with van der Waals surface area (Å²) in [6.07, 6.45) is 3.57. The fourth-order valence-corrected chi connectivity index (χ4v) is 4.06. The van der Waals surface area contributed by atoms with Crippen LogP contribution in [0.2, 0.25) is 0 Å². The van der Waals surface area contributed by atoms with Gasteiger partial charge in [0.1, 0.15) is 0 Å². The van der Waals surface area contributed by atoms with Crippen LogP contribution in [0.4, 0.5) is 5.13 Å². The van der Waals surface area contributed by atoms with Crippen LogP contribution in [-0.4, -0.2) is 34.9 Å². The zero-order valence-electron chi connectivity index (χ0n) is 11.3. The summed E-state index contributed by atoms with van der Waals surface area (Å²) in [4.78, 5) is 34.4. The SMILES string of the molecule is O=C1CCC2(CCN(c3nc4ncccc4s3)C2)C(=O)N1. The van der Waals surface area contributed by atoms with Gasteiger partial charge < -0.3 is 4.90 Å². The van der Waals surface area contributed by atoms with Gasteiger partial charge in [0.25, 0.3) is 0 Å². The molecule has 0 radical (unpaired) electrons. The summed E-state index contributed by atoms with van der Waals surface area (Å²) in [6, 6.07) is 3.90. The van der Waals surface area contributed by atoms with Gasteiger partial charge in [-0.15, -0.1) is 0 Å². The Hall–Kier alpha value is -2.02. The van der Waals surface area contributed by atoms with E-state index in [9.17, 15) is 9.59 Å². The molecule has 0 saturated carbocycles. The van der Waals surface area contributed by atoms with E-state index in [4.69, 9.17) is 0 Å². The first-order chi connectivity index (χ1) is 10.2. The zero-order valence-corrected chi connectivity index (χ0v) is 12.2. The quantitative estimate of drug-likeness (QED) is 0.804.